The third kappa shape index (κ3) is 3.22. The number of nitrogens with one attached hydrogen (secondary N) is 1. The first-order chi connectivity index (χ1) is 8.47. The van der Waals surface area contributed by atoms with E-state index in [0.29, 0.717) is 5.76 Å². The van der Waals surface area contributed by atoms with Crippen LogP contribution in [0.25, 0.3) is 0 Å². The van der Waals surface area contributed by atoms with Crippen LogP contribution < -0.4 is 4.72 Å². The van der Waals surface area contributed by atoms with E-state index in [1.807, 2.05) is 13.0 Å². The molecule has 0 unspecified atom stereocenters. The van der Waals surface area contributed by atoms with Crippen molar-refractivity contribution in [3.05, 3.63) is 52.4 Å². The zero-order valence-corrected chi connectivity index (χ0v) is 12.1. The molecule has 96 valence electrons. The van der Waals surface area contributed by atoms with E-state index in [1.165, 1.54) is 6.26 Å². The van der Waals surface area contributed by atoms with Crippen molar-refractivity contribution in [2.75, 3.05) is 0 Å². The lowest BCUT2D eigenvalue weighted by atomic mass is 10.2. The highest BCUT2D eigenvalue weighted by molar-refractivity contribution is 9.10. The lowest BCUT2D eigenvalue weighted by Crippen LogP contribution is -2.23. The summed E-state index contributed by atoms with van der Waals surface area (Å²) in [6, 6.07) is 8.47. The first kappa shape index (κ1) is 13.3. The van der Waals surface area contributed by atoms with Crippen LogP contribution in [0.2, 0.25) is 0 Å². The summed E-state index contributed by atoms with van der Waals surface area (Å²) in [4.78, 5) is 0.237. The average molecular weight is 330 g/mol. The molecule has 0 amide bonds. The smallest absolute Gasteiger partial charge is 0.241 e. The summed E-state index contributed by atoms with van der Waals surface area (Å²) in [5.74, 6) is 0.574. The van der Waals surface area contributed by atoms with E-state index in [2.05, 4.69) is 20.7 Å². The number of rotatable bonds is 4. The van der Waals surface area contributed by atoms with Gasteiger partial charge < -0.3 is 4.42 Å². The van der Waals surface area contributed by atoms with Crippen LogP contribution in [0.15, 0.2) is 50.4 Å². The number of furan rings is 1. The maximum Gasteiger partial charge on any atom is 0.241 e. The fourth-order valence-electron chi connectivity index (χ4n) is 1.52. The van der Waals surface area contributed by atoms with Gasteiger partial charge in [-0.05, 0) is 42.8 Å². The van der Waals surface area contributed by atoms with Gasteiger partial charge in [0.15, 0.2) is 0 Å². The minimum absolute atomic E-state index is 0.140. The minimum atomic E-state index is -3.52. The van der Waals surface area contributed by atoms with Crippen LogP contribution in [-0.2, 0) is 16.6 Å². The lowest BCUT2D eigenvalue weighted by molar-refractivity contribution is 0.498. The van der Waals surface area contributed by atoms with E-state index in [0.717, 1.165) is 10.0 Å². The Kier molecular flexibility index (Phi) is 3.89. The van der Waals surface area contributed by atoms with Crippen molar-refractivity contribution in [3.8, 4) is 0 Å². The first-order valence-corrected chi connectivity index (χ1v) is 7.54. The summed E-state index contributed by atoms with van der Waals surface area (Å²) in [6.45, 7) is 1.98. The van der Waals surface area contributed by atoms with Gasteiger partial charge >= 0.3 is 0 Å². The second kappa shape index (κ2) is 5.26. The van der Waals surface area contributed by atoms with Crippen LogP contribution in [0.5, 0.6) is 0 Å². The maximum atomic E-state index is 12.1. The average Bonchev–Trinajstić information content (AvgIpc) is 2.78. The lowest BCUT2D eigenvalue weighted by Gasteiger charge is -2.07. The first-order valence-electron chi connectivity index (χ1n) is 5.26. The van der Waals surface area contributed by atoms with Gasteiger partial charge in [-0.15, -0.1) is 0 Å². The molecule has 2 aromatic rings. The molecule has 1 aromatic carbocycles. The second-order valence-electron chi connectivity index (χ2n) is 3.87. The van der Waals surface area contributed by atoms with Crippen molar-refractivity contribution in [2.24, 2.45) is 0 Å². The molecule has 4 nitrogen and oxygen atoms in total. The van der Waals surface area contributed by atoms with Gasteiger partial charge in [-0.3, -0.25) is 0 Å². The van der Waals surface area contributed by atoms with Crippen molar-refractivity contribution in [2.45, 2.75) is 18.4 Å². The largest absolute Gasteiger partial charge is 0.468 e. The maximum absolute atomic E-state index is 12.1. The highest BCUT2D eigenvalue weighted by Crippen LogP contribution is 2.19. The molecule has 0 fully saturated rings. The summed E-state index contributed by atoms with van der Waals surface area (Å²) in [5, 5.41) is 0. The van der Waals surface area contributed by atoms with Gasteiger partial charge in [-0.1, -0.05) is 15.9 Å². The molecule has 0 radical (unpaired) electrons. The van der Waals surface area contributed by atoms with Crippen LogP contribution in [-0.4, -0.2) is 8.42 Å². The van der Waals surface area contributed by atoms with E-state index >= 15 is 0 Å². The highest BCUT2D eigenvalue weighted by Gasteiger charge is 2.15. The quantitative estimate of drug-likeness (QED) is 0.938. The Balaban J connectivity index is 2.20. The molecule has 6 heteroatoms. The predicted octanol–water partition coefficient (Wildman–Crippen LogP) is 2.83. The Bertz CT molecular complexity index is 615. The van der Waals surface area contributed by atoms with Gasteiger partial charge in [-0.25, -0.2) is 13.1 Å². The van der Waals surface area contributed by atoms with Gasteiger partial charge in [0.2, 0.25) is 10.0 Å². The highest BCUT2D eigenvalue weighted by atomic mass is 79.9. The van der Waals surface area contributed by atoms with Gasteiger partial charge in [0, 0.05) is 4.47 Å². The molecule has 0 saturated heterocycles. The molecule has 0 atom stereocenters. The Morgan fingerprint density at radius 2 is 2.11 bits per heavy atom. The molecule has 1 N–H and O–H groups in total. The van der Waals surface area contributed by atoms with E-state index in [4.69, 9.17) is 4.42 Å². The Labute approximate surface area is 114 Å². The fourth-order valence-corrected chi connectivity index (χ4v) is 3.40. The normalized spacial score (nSPS) is 11.7. The second-order valence-corrected chi connectivity index (χ2v) is 6.55. The summed E-state index contributed by atoms with van der Waals surface area (Å²) >= 11 is 3.28. The Morgan fingerprint density at radius 3 is 2.72 bits per heavy atom. The minimum Gasteiger partial charge on any atom is -0.468 e. The van der Waals surface area contributed by atoms with E-state index in [-0.39, 0.29) is 11.4 Å². The molecule has 0 aliphatic heterocycles. The van der Waals surface area contributed by atoms with E-state index < -0.39 is 10.0 Å². The number of aryl methyl sites for hydroxylation is 1. The molecule has 18 heavy (non-hydrogen) atoms. The topological polar surface area (TPSA) is 59.3 Å². The van der Waals surface area contributed by atoms with E-state index in [9.17, 15) is 8.42 Å². The Hall–Kier alpha value is -1.11. The molecule has 0 bridgehead atoms. The fraction of sp³-hybridized carbons (Fsp3) is 0.167. The van der Waals surface area contributed by atoms with Gasteiger partial charge in [-0.2, -0.15) is 0 Å². The summed E-state index contributed by atoms with van der Waals surface area (Å²) in [5.41, 5.74) is 0.878. The standard InChI is InChI=1S/C12H12BrNO3S/c1-9-5-10(13)7-12(6-9)18(15,16)14-8-11-3-2-4-17-11/h2-7,14H,8H2,1H3. The molecule has 0 saturated carbocycles. The van der Waals surface area contributed by atoms with Crippen LogP contribution in [0.1, 0.15) is 11.3 Å². The van der Waals surface area contributed by atoms with Crippen molar-refractivity contribution in [3.63, 3.8) is 0 Å². The van der Waals surface area contributed by atoms with Crippen molar-refractivity contribution >= 4 is 26.0 Å². The van der Waals surface area contributed by atoms with Crippen LogP contribution in [0, 0.1) is 6.92 Å². The Morgan fingerprint density at radius 1 is 1.33 bits per heavy atom. The van der Waals surface area contributed by atoms with Crippen molar-refractivity contribution < 1.29 is 12.8 Å². The van der Waals surface area contributed by atoms with Crippen molar-refractivity contribution in [1.29, 1.82) is 0 Å². The molecule has 1 heterocycles. The van der Waals surface area contributed by atoms with Gasteiger partial charge in [0.05, 0.1) is 17.7 Å². The summed E-state index contributed by atoms with van der Waals surface area (Å²) in [6.07, 6.45) is 1.51. The molecule has 0 aliphatic carbocycles. The van der Waals surface area contributed by atoms with E-state index in [1.54, 1.807) is 24.3 Å². The number of hydrogen-bond acceptors (Lipinski definition) is 3. The van der Waals surface area contributed by atoms with Crippen molar-refractivity contribution in [1.82, 2.24) is 4.72 Å². The van der Waals surface area contributed by atoms with Gasteiger partial charge in [0.1, 0.15) is 5.76 Å². The molecular weight excluding hydrogens is 318 g/mol. The zero-order valence-electron chi connectivity index (χ0n) is 9.68. The molecule has 0 aliphatic rings. The monoisotopic (exact) mass is 329 g/mol. The zero-order chi connectivity index (χ0) is 13.2. The summed E-state index contributed by atoms with van der Waals surface area (Å²) < 4.78 is 32.4. The molecule has 2 rings (SSSR count). The van der Waals surface area contributed by atoms with Crippen LogP contribution in [0.3, 0.4) is 0 Å². The third-order valence-corrected chi connectivity index (χ3v) is 4.18. The van der Waals surface area contributed by atoms with Gasteiger partial charge in [0.25, 0.3) is 0 Å². The molecular formula is C12H12BrNO3S. The van der Waals surface area contributed by atoms with Crippen LogP contribution in [0.4, 0.5) is 0 Å². The number of benzene rings is 1. The number of halogens is 1. The number of hydrogen-bond donors (Lipinski definition) is 1. The third-order valence-electron chi connectivity index (χ3n) is 2.34. The summed E-state index contributed by atoms with van der Waals surface area (Å²) in [7, 11) is -3.52. The SMILES string of the molecule is Cc1cc(Br)cc(S(=O)(=O)NCc2ccco2)c1. The molecule has 1 aromatic heterocycles. The van der Waals surface area contributed by atoms with Crippen LogP contribution >= 0.6 is 15.9 Å². The number of sulfonamides is 1. The predicted molar refractivity (Wildman–Crippen MR) is 71.6 cm³/mol. The molecule has 0 spiro atoms.